The Bertz CT molecular complexity index is 409. The molecule has 0 saturated heterocycles. The van der Waals surface area contributed by atoms with E-state index < -0.39 is 0 Å². The molecule has 0 saturated carbocycles. The molecule has 2 unspecified atom stereocenters. The molecule has 0 radical (unpaired) electrons. The van der Waals surface area contributed by atoms with E-state index in [2.05, 4.69) is 5.32 Å². The van der Waals surface area contributed by atoms with E-state index >= 15 is 0 Å². The van der Waals surface area contributed by atoms with Crippen LogP contribution < -0.4 is 5.32 Å². The molecule has 2 atom stereocenters. The summed E-state index contributed by atoms with van der Waals surface area (Å²) in [7, 11) is 0. The van der Waals surface area contributed by atoms with Crippen LogP contribution in [0, 0.1) is 5.92 Å². The fourth-order valence-corrected chi connectivity index (χ4v) is 1.63. The summed E-state index contributed by atoms with van der Waals surface area (Å²) in [6.45, 7) is 3.70. The van der Waals surface area contributed by atoms with E-state index in [1.807, 2.05) is 13.8 Å². The van der Waals surface area contributed by atoms with Gasteiger partial charge in [0, 0.05) is 17.7 Å². The van der Waals surface area contributed by atoms with Crippen LogP contribution in [0.4, 0.5) is 0 Å². The molecule has 17 heavy (non-hydrogen) atoms. The van der Waals surface area contributed by atoms with E-state index in [-0.39, 0.29) is 24.5 Å². The largest absolute Gasteiger partial charge is 0.396 e. The first kappa shape index (κ1) is 14.3. The Kier molecular flexibility index (Phi) is 5.25. The minimum atomic E-state index is -0.287. The summed E-state index contributed by atoms with van der Waals surface area (Å²) in [5, 5.41) is 12.6. The first-order valence-corrected chi connectivity index (χ1v) is 6.08. The molecule has 1 aromatic carbocycles. The third-order valence-electron chi connectivity index (χ3n) is 2.67. The van der Waals surface area contributed by atoms with Gasteiger partial charge in [0.15, 0.2) is 0 Å². The van der Waals surface area contributed by atoms with Gasteiger partial charge in [0.1, 0.15) is 0 Å². The third-order valence-corrected chi connectivity index (χ3v) is 3.24. The van der Waals surface area contributed by atoms with E-state index in [0.717, 1.165) is 0 Å². The summed E-state index contributed by atoms with van der Waals surface area (Å²) in [4.78, 5) is 11.9. The number of rotatable bonds is 4. The van der Waals surface area contributed by atoms with Crippen LogP contribution in [0.15, 0.2) is 18.2 Å². The van der Waals surface area contributed by atoms with Crippen molar-refractivity contribution in [2.45, 2.75) is 19.9 Å². The first-order valence-electron chi connectivity index (χ1n) is 5.32. The highest BCUT2D eigenvalue weighted by atomic mass is 35.5. The Hall–Kier alpha value is -0.770. The summed E-state index contributed by atoms with van der Waals surface area (Å²) in [5.74, 6) is -0.304. The van der Waals surface area contributed by atoms with Crippen LogP contribution in [0.1, 0.15) is 24.2 Å². The van der Waals surface area contributed by atoms with E-state index in [4.69, 9.17) is 28.3 Å². The number of benzene rings is 1. The fourth-order valence-electron chi connectivity index (χ4n) is 1.26. The van der Waals surface area contributed by atoms with Crippen LogP contribution in [-0.4, -0.2) is 23.7 Å². The lowest BCUT2D eigenvalue weighted by Crippen LogP contribution is -2.38. The summed E-state index contributed by atoms with van der Waals surface area (Å²) < 4.78 is 0. The van der Waals surface area contributed by atoms with Crippen LogP contribution in [-0.2, 0) is 0 Å². The summed E-state index contributed by atoms with van der Waals surface area (Å²) >= 11 is 11.7. The van der Waals surface area contributed by atoms with Gasteiger partial charge in [-0.2, -0.15) is 0 Å². The molecule has 0 spiro atoms. The molecule has 0 aliphatic heterocycles. The fraction of sp³-hybridized carbons (Fsp3) is 0.417. The van der Waals surface area contributed by atoms with Crippen molar-refractivity contribution < 1.29 is 9.90 Å². The van der Waals surface area contributed by atoms with Crippen LogP contribution in [0.25, 0.3) is 0 Å². The molecule has 0 heterocycles. The van der Waals surface area contributed by atoms with Gasteiger partial charge in [-0.15, -0.1) is 0 Å². The van der Waals surface area contributed by atoms with Crippen LogP contribution >= 0.6 is 23.2 Å². The normalized spacial score (nSPS) is 14.2. The Morgan fingerprint density at radius 3 is 2.65 bits per heavy atom. The van der Waals surface area contributed by atoms with Gasteiger partial charge >= 0.3 is 0 Å². The Balaban J connectivity index is 2.79. The lowest BCUT2D eigenvalue weighted by atomic mass is 10.0. The van der Waals surface area contributed by atoms with Gasteiger partial charge in [-0.3, -0.25) is 4.79 Å². The van der Waals surface area contributed by atoms with E-state index in [1.54, 1.807) is 12.1 Å². The number of nitrogens with one attached hydrogen (secondary N) is 1. The minimum Gasteiger partial charge on any atom is -0.396 e. The molecule has 1 amide bonds. The van der Waals surface area contributed by atoms with Crippen molar-refractivity contribution in [3.05, 3.63) is 33.8 Å². The topological polar surface area (TPSA) is 49.3 Å². The molecule has 0 fully saturated rings. The van der Waals surface area contributed by atoms with Crippen molar-refractivity contribution in [3.63, 3.8) is 0 Å². The molecular formula is C12H15Cl2NO2. The highest BCUT2D eigenvalue weighted by molar-refractivity contribution is 6.35. The summed E-state index contributed by atoms with van der Waals surface area (Å²) in [6, 6.07) is 4.59. The van der Waals surface area contributed by atoms with Crippen molar-refractivity contribution in [2.75, 3.05) is 6.61 Å². The van der Waals surface area contributed by atoms with Gasteiger partial charge in [-0.1, -0.05) is 30.1 Å². The number of aliphatic hydroxyl groups is 1. The van der Waals surface area contributed by atoms with E-state index in [9.17, 15) is 4.79 Å². The Morgan fingerprint density at radius 1 is 1.41 bits per heavy atom. The molecule has 0 aliphatic carbocycles. The van der Waals surface area contributed by atoms with Gasteiger partial charge in [-0.05, 0) is 31.0 Å². The lowest BCUT2D eigenvalue weighted by Gasteiger charge is -2.19. The molecule has 1 aromatic rings. The standard InChI is InChI=1S/C12H15Cl2NO2/c1-7(6-16)8(2)15-12(17)10-5-9(13)3-4-11(10)14/h3-5,7-8,16H,6H2,1-2H3,(H,15,17). The predicted octanol–water partition coefficient (Wildman–Crippen LogP) is 2.74. The number of amides is 1. The number of carbonyl (C=O) groups excluding carboxylic acids is 1. The van der Waals surface area contributed by atoms with Gasteiger partial charge < -0.3 is 10.4 Å². The second-order valence-corrected chi connectivity index (χ2v) is 4.89. The molecular weight excluding hydrogens is 261 g/mol. The maximum Gasteiger partial charge on any atom is 0.253 e. The van der Waals surface area contributed by atoms with Crippen LogP contribution in [0.3, 0.4) is 0 Å². The third kappa shape index (κ3) is 3.87. The van der Waals surface area contributed by atoms with Crippen molar-refractivity contribution in [1.82, 2.24) is 5.32 Å². The van der Waals surface area contributed by atoms with Crippen LogP contribution in [0.2, 0.25) is 10.0 Å². The number of hydrogen-bond acceptors (Lipinski definition) is 2. The molecule has 3 nitrogen and oxygen atoms in total. The number of halogens is 2. The lowest BCUT2D eigenvalue weighted by molar-refractivity contribution is 0.0916. The SMILES string of the molecule is CC(CO)C(C)NC(=O)c1cc(Cl)ccc1Cl. The zero-order chi connectivity index (χ0) is 13.0. The second kappa shape index (κ2) is 6.24. The second-order valence-electron chi connectivity index (χ2n) is 4.05. The first-order chi connectivity index (χ1) is 7.95. The van der Waals surface area contributed by atoms with Gasteiger partial charge in [-0.25, -0.2) is 0 Å². The molecule has 5 heteroatoms. The number of aliphatic hydroxyl groups excluding tert-OH is 1. The highest BCUT2D eigenvalue weighted by Crippen LogP contribution is 2.20. The summed E-state index contributed by atoms with van der Waals surface area (Å²) in [5.41, 5.74) is 0.344. The van der Waals surface area contributed by atoms with Gasteiger partial charge in [0.2, 0.25) is 0 Å². The predicted molar refractivity (Wildman–Crippen MR) is 69.6 cm³/mol. The average Bonchev–Trinajstić information content (AvgIpc) is 2.30. The van der Waals surface area contributed by atoms with Gasteiger partial charge in [0.05, 0.1) is 10.6 Å². The smallest absolute Gasteiger partial charge is 0.253 e. The number of hydrogen-bond donors (Lipinski definition) is 2. The Labute approximate surface area is 111 Å². The molecule has 94 valence electrons. The van der Waals surface area contributed by atoms with Crippen molar-refractivity contribution in [1.29, 1.82) is 0 Å². The zero-order valence-corrected chi connectivity index (χ0v) is 11.2. The molecule has 1 rings (SSSR count). The maximum atomic E-state index is 11.9. The zero-order valence-electron chi connectivity index (χ0n) is 9.71. The van der Waals surface area contributed by atoms with Crippen molar-refractivity contribution in [2.24, 2.45) is 5.92 Å². The maximum absolute atomic E-state index is 11.9. The average molecular weight is 276 g/mol. The highest BCUT2D eigenvalue weighted by Gasteiger charge is 2.17. The van der Waals surface area contributed by atoms with Crippen molar-refractivity contribution >= 4 is 29.1 Å². The molecule has 2 N–H and O–H groups in total. The van der Waals surface area contributed by atoms with Crippen molar-refractivity contribution in [3.8, 4) is 0 Å². The van der Waals surface area contributed by atoms with E-state index in [0.29, 0.717) is 15.6 Å². The molecule has 0 bridgehead atoms. The molecule has 0 aliphatic rings. The Morgan fingerprint density at radius 2 is 2.06 bits per heavy atom. The minimum absolute atomic E-state index is 0.0168. The number of carbonyl (C=O) groups is 1. The summed E-state index contributed by atoms with van der Waals surface area (Å²) in [6.07, 6.45) is 0. The molecule has 0 aromatic heterocycles. The quantitative estimate of drug-likeness (QED) is 0.888. The van der Waals surface area contributed by atoms with Gasteiger partial charge in [0.25, 0.3) is 5.91 Å². The monoisotopic (exact) mass is 275 g/mol. The van der Waals surface area contributed by atoms with E-state index in [1.165, 1.54) is 6.07 Å². The van der Waals surface area contributed by atoms with Crippen LogP contribution in [0.5, 0.6) is 0 Å².